The minimum absolute atomic E-state index is 0.148. The molecule has 200 valence electrons. The molecule has 0 atom stereocenters. The number of phenolic OH excluding ortho intramolecular Hbond substituents is 1. The first-order chi connectivity index (χ1) is 19.0. The number of piperidine rings is 1. The number of carbonyl (C=O) groups is 2. The highest BCUT2D eigenvalue weighted by atomic mass is 16.5. The van der Waals surface area contributed by atoms with Crippen LogP contribution in [0.15, 0.2) is 79.0 Å². The van der Waals surface area contributed by atoms with E-state index in [1.54, 1.807) is 34.0 Å². The first-order valence-corrected chi connectivity index (χ1v) is 12.7. The van der Waals surface area contributed by atoms with Gasteiger partial charge in [0.1, 0.15) is 5.69 Å². The van der Waals surface area contributed by atoms with Crippen molar-refractivity contribution in [1.82, 2.24) is 14.7 Å². The highest BCUT2D eigenvalue weighted by molar-refractivity contribution is 6.03. The Morgan fingerprint density at radius 1 is 0.923 bits per heavy atom. The van der Waals surface area contributed by atoms with E-state index in [9.17, 15) is 14.7 Å². The Hall–Kier alpha value is -4.79. The van der Waals surface area contributed by atoms with Crippen LogP contribution >= 0.6 is 0 Å². The third-order valence-electron chi connectivity index (χ3n) is 7.05. The summed E-state index contributed by atoms with van der Waals surface area (Å²) in [6, 6.07) is 22.2. The maximum atomic E-state index is 13.1. The molecule has 2 heterocycles. The molecule has 9 heteroatoms. The molecule has 0 radical (unpaired) electrons. The van der Waals surface area contributed by atoms with E-state index >= 15 is 0 Å². The second-order valence-electron chi connectivity index (χ2n) is 9.30. The van der Waals surface area contributed by atoms with Crippen LogP contribution in [0.3, 0.4) is 0 Å². The van der Waals surface area contributed by atoms with Gasteiger partial charge in [0.2, 0.25) is 5.75 Å². The van der Waals surface area contributed by atoms with Gasteiger partial charge in [-0.3, -0.25) is 9.59 Å². The number of rotatable bonds is 7. The fraction of sp³-hybridized carbons (Fsp3) is 0.233. The Bertz CT molecular complexity index is 1460. The number of phenols is 1. The zero-order valence-electron chi connectivity index (χ0n) is 21.8. The summed E-state index contributed by atoms with van der Waals surface area (Å²) in [5.74, 6) is 0.112. The van der Waals surface area contributed by atoms with Gasteiger partial charge in [-0.25, -0.2) is 4.68 Å². The minimum Gasteiger partial charge on any atom is -0.504 e. The van der Waals surface area contributed by atoms with Crippen LogP contribution in [0, 0.1) is 0 Å². The van der Waals surface area contributed by atoms with Gasteiger partial charge in [-0.05, 0) is 66.8 Å². The Morgan fingerprint density at radius 2 is 1.64 bits per heavy atom. The summed E-state index contributed by atoms with van der Waals surface area (Å²) in [6.07, 6.45) is 3.19. The topological polar surface area (TPSA) is 106 Å². The molecule has 3 aromatic carbocycles. The van der Waals surface area contributed by atoms with Crippen LogP contribution in [-0.4, -0.2) is 58.9 Å². The largest absolute Gasteiger partial charge is 0.504 e. The quantitative estimate of drug-likeness (QED) is 0.356. The lowest BCUT2D eigenvalue weighted by Crippen LogP contribution is -2.38. The van der Waals surface area contributed by atoms with E-state index < -0.39 is 0 Å². The molecule has 0 saturated carbocycles. The van der Waals surface area contributed by atoms with E-state index in [1.165, 1.54) is 14.2 Å². The Morgan fingerprint density at radius 3 is 2.31 bits per heavy atom. The Labute approximate surface area is 226 Å². The van der Waals surface area contributed by atoms with Crippen molar-refractivity contribution in [3.8, 4) is 22.9 Å². The molecular formula is C30H30N4O5. The number of nitrogens with zero attached hydrogens (tertiary/aromatic N) is 3. The highest BCUT2D eigenvalue weighted by Gasteiger charge is 2.28. The van der Waals surface area contributed by atoms with Crippen LogP contribution in [0.4, 0.5) is 5.69 Å². The molecule has 0 unspecified atom stereocenters. The first-order valence-electron chi connectivity index (χ1n) is 12.7. The lowest BCUT2D eigenvalue weighted by Gasteiger charge is -2.32. The lowest BCUT2D eigenvalue weighted by molar-refractivity contribution is 0.0709. The molecule has 2 N–H and O–H groups in total. The number of likely N-dealkylation sites (tertiary alicyclic amines) is 1. The van der Waals surface area contributed by atoms with Crippen molar-refractivity contribution in [3.63, 3.8) is 0 Å². The number of methoxy groups -OCH3 is 2. The number of aromatic nitrogens is 2. The third kappa shape index (κ3) is 5.29. The van der Waals surface area contributed by atoms with Crippen molar-refractivity contribution in [2.75, 3.05) is 32.6 Å². The number of benzene rings is 3. The summed E-state index contributed by atoms with van der Waals surface area (Å²) in [7, 11) is 2.90. The Kier molecular flexibility index (Phi) is 7.49. The van der Waals surface area contributed by atoms with Gasteiger partial charge in [-0.2, -0.15) is 5.10 Å². The van der Waals surface area contributed by atoms with Crippen molar-refractivity contribution >= 4 is 17.5 Å². The first kappa shape index (κ1) is 25.8. The molecule has 0 aliphatic carbocycles. The van der Waals surface area contributed by atoms with E-state index in [1.807, 2.05) is 54.6 Å². The molecule has 1 saturated heterocycles. The van der Waals surface area contributed by atoms with E-state index in [4.69, 9.17) is 9.47 Å². The van der Waals surface area contributed by atoms with Gasteiger partial charge in [0, 0.05) is 18.8 Å². The van der Waals surface area contributed by atoms with Gasteiger partial charge in [0.05, 0.1) is 31.7 Å². The third-order valence-corrected chi connectivity index (χ3v) is 7.05. The fourth-order valence-corrected chi connectivity index (χ4v) is 4.95. The van der Waals surface area contributed by atoms with Gasteiger partial charge >= 0.3 is 0 Å². The number of carbonyl (C=O) groups excluding carboxylic acids is 2. The molecule has 0 bridgehead atoms. The molecule has 9 nitrogen and oxygen atoms in total. The van der Waals surface area contributed by atoms with Gasteiger partial charge in [0.15, 0.2) is 11.5 Å². The summed E-state index contributed by atoms with van der Waals surface area (Å²) in [5.41, 5.74) is 3.31. The average molecular weight is 527 g/mol. The number of hydrogen-bond acceptors (Lipinski definition) is 6. The summed E-state index contributed by atoms with van der Waals surface area (Å²) >= 11 is 0. The van der Waals surface area contributed by atoms with Crippen LogP contribution in [0.5, 0.6) is 17.2 Å². The fourth-order valence-electron chi connectivity index (χ4n) is 4.95. The van der Waals surface area contributed by atoms with Crippen LogP contribution in [-0.2, 0) is 0 Å². The molecular weight excluding hydrogens is 496 g/mol. The van der Waals surface area contributed by atoms with E-state index in [2.05, 4.69) is 10.4 Å². The molecule has 4 aromatic rings. The molecule has 1 aromatic heterocycles. The van der Waals surface area contributed by atoms with Crippen molar-refractivity contribution in [3.05, 3.63) is 95.8 Å². The lowest BCUT2D eigenvalue weighted by atomic mass is 9.89. The zero-order chi connectivity index (χ0) is 27.4. The molecule has 0 spiro atoms. The number of para-hydroxylation sites is 1. The molecule has 1 aliphatic rings. The normalized spacial score (nSPS) is 13.6. The average Bonchev–Trinajstić information content (AvgIpc) is 3.48. The minimum atomic E-state index is -0.241. The number of ether oxygens (including phenoxy) is 2. The van der Waals surface area contributed by atoms with Crippen molar-refractivity contribution in [1.29, 1.82) is 0 Å². The monoisotopic (exact) mass is 526 g/mol. The van der Waals surface area contributed by atoms with Crippen LogP contribution in [0.2, 0.25) is 0 Å². The standard InChI is InChI=1S/C30H30N4O5/c1-38-26-13-12-24(27(35)28(26)39-2)30(37)33-18-15-21(16-19-33)20-8-10-22(11-9-20)32-29(36)25-14-17-31-34(25)23-6-4-3-5-7-23/h3-14,17,21,35H,15-16,18-19H2,1-2H3,(H,32,36). The summed E-state index contributed by atoms with van der Waals surface area (Å²) < 4.78 is 12.0. The highest BCUT2D eigenvalue weighted by Crippen LogP contribution is 2.40. The van der Waals surface area contributed by atoms with Gasteiger partial charge < -0.3 is 24.8 Å². The van der Waals surface area contributed by atoms with Gasteiger partial charge in [-0.1, -0.05) is 30.3 Å². The van der Waals surface area contributed by atoms with Crippen LogP contribution < -0.4 is 14.8 Å². The smallest absolute Gasteiger partial charge is 0.274 e. The predicted molar refractivity (Wildman–Crippen MR) is 147 cm³/mol. The predicted octanol–water partition coefficient (Wildman–Crippen LogP) is 4.87. The van der Waals surface area contributed by atoms with Crippen LogP contribution in [0.1, 0.15) is 45.2 Å². The maximum absolute atomic E-state index is 13.1. The van der Waals surface area contributed by atoms with E-state index in [0.717, 1.165) is 24.1 Å². The van der Waals surface area contributed by atoms with Crippen LogP contribution in [0.25, 0.3) is 5.69 Å². The summed E-state index contributed by atoms with van der Waals surface area (Å²) in [4.78, 5) is 27.8. The van der Waals surface area contributed by atoms with E-state index in [-0.39, 0.29) is 34.8 Å². The maximum Gasteiger partial charge on any atom is 0.274 e. The van der Waals surface area contributed by atoms with Gasteiger partial charge in [0.25, 0.3) is 11.8 Å². The van der Waals surface area contributed by atoms with Crippen molar-refractivity contribution in [2.45, 2.75) is 18.8 Å². The number of nitrogens with one attached hydrogen (secondary N) is 1. The molecule has 1 fully saturated rings. The molecule has 2 amide bonds. The molecule has 5 rings (SSSR count). The van der Waals surface area contributed by atoms with Crippen molar-refractivity contribution in [2.24, 2.45) is 0 Å². The van der Waals surface area contributed by atoms with Gasteiger partial charge in [-0.15, -0.1) is 0 Å². The number of amides is 2. The van der Waals surface area contributed by atoms with E-state index in [0.29, 0.717) is 30.2 Å². The second kappa shape index (κ2) is 11.3. The second-order valence-corrected chi connectivity index (χ2v) is 9.30. The Balaban J connectivity index is 1.20. The number of anilines is 1. The molecule has 39 heavy (non-hydrogen) atoms. The van der Waals surface area contributed by atoms with Crippen molar-refractivity contribution < 1.29 is 24.2 Å². The number of aromatic hydroxyl groups is 1. The summed E-state index contributed by atoms with van der Waals surface area (Å²) in [6.45, 7) is 1.14. The molecule has 1 aliphatic heterocycles. The zero-order valence-corrected chi connectivity index (χ0v) is 21.8. The SMILES string of the molecule is COc1ccc(C(=O)N2CCC(c3ccc(NC(=O)c4ccnn4-c4ccccc4)cc3)CC2)c(O)c1OC. The summed E-state index contributed by atoms with van der Waals surface area (Å²) in [5, 5.41) is 17.8. The number of hydrogen-bond donors (Lipinski definition) is 2.